The molecular formula is C14H20N2O3. The van der Waals surface area contributed by atoms with Crippen LogP contribution in [-0.4, -0.2) is 50.7 Å². The summed E-state index contributed by atoms with van der Waals surface area (Å²) in [5, 5.41) is 3.23. The molecule has 1 heterocycles. The van der Waals surface area contributed by atoms with Gasteiger partial charge in [0.25, 0.3) is 5.91 Å². The maximum Gasteiger partial charge on any atom is 0.257 e. The zero-order valence-corrected chi connectivity index (χ0v) is 11.4. The van der Waals surface area contributed by atoms with E-state index in [1.54, 1.807) is 19.2 Å². The Morgan fingerprint density at radius 1 is 1.37 bits per heavy atom. The molecule has 1 aromatic carbocycles. The fourth-order valence-electron chi connectivity index (χ4n) is 2.15. The van der Waals surface area contributed by atoms with Crippen molar-refractivity contribution in [3.63, 3.8) is 0 Å². The number of benzene rings is 1. The fourth-order valence-corrected chi connectivity index (χ4v) is 2.15. The number of hydrogen-bond donors (Lipinski definition) is 1. The highest BCUT2D eigenvalue weighted by Gasteiger charge is 2.21. The molecule has 0 aliphatic carbocycles. The van der Waals surface area contributed by atoms with Crippen molar-refractivity contribution in [2.75, 3.05) is 39.9 Å². The summed E-state index contributed by atoms with van der Waals surface area (Å²) in [6.45, 7) is 5.61. The van der Waals surface area contributed by atoms with E-state index in [0.29, 0.717) is 23.7 Å². The van der Waals surface area contributed by atoms with E-state index >= 15 is 0 Å². The van der Waals surface area contributed by atoms with Crippen LogP contribution in [0.5, 0.6) is 11.5 Å². The van der Waals surface area contributed by atoms with Gasteiger partial charge in [-0.3, -0.25) is 4.79 Å². The van der Waals surface area contributed by atoms with Crippen LogP contribution in [0.1, 0.15) is 17.3 Å². The summed E-state index contributed by atoms with van der Waals surface area (Å²) >= 11 is 0. The molecule has 0 unspecified atom stereocenters. The summed E-state index contributed by atoms with van der Waals surface area (Å²) in [4.78, 5) is 14.3. The van der Waals surface area contributed by atoms with Crippen LogP contribution in [0.15, 0.2) is 18.2 Å². The highest BCUT2D eigenvalue weighted by atomic mass is 16.5. The van der Waals surface area contributed by atoms with Crippen molar-refractivity contribution in [3.8, 4) is 11.5 Å². The van der Waals surface area contributed by atoms with Gasteiger partial charge in [0.15, 0.2) is 0 Å². The second kappa shape index (κ2) is 6.43. The molecule has 0 radical (unpaired) electrons. The average Bonchev–Trinajstić information content (AvgIpc) is 2.47. The number of ether oxygens (including phenoxy) is 2. The first-order valence-corrected chi connectivity index (χ1v) is 6.57. The summed E-state index contributed by atoms with van der Waals surface area (Å²) in [6, 6.07) is 5.35. The molecule has 0 saturated carbocycles. The second-order valence-corrected chi connectivity index (χ2v) is 4.34. The molecular weight excluding hydrogens is 244 g/mol. The van der Waals surface area contributed by atoms with E-state index in [1.807, 2.05) is 17.9 Å². The molecule has 1 aliphatic rings. The van der Waals surface area contributed by atoms with Crippen molar-refractivity contribution < 1.29 is 14.3 Å². The summed E-state index contributed by atoms with van der Waals surface area (Å²) in [5.41, 5.74) is 0.565. The maximum absolute atomic E-state index is 12.5. The first-order valence-electron chi connectivity index (χ1n) is 6.57. The average molecular weight is 264 g/mol. The molecule has 0 spiro atoms. The van der Waals surface area contributed by atoms with Crippen LogP contribution in [0.3, 0.4) is 0 Å². The molecule has 2 rings (SSSR count). The molecule has 1 fully saturated rings. The third-order valence-corrected chi connectivity index (χ3v) is 3.12. The quantitative estimate of drug-likeness (QED) is 0.886. The van der Waals surface area contributed by atoms with E-state index in [0.717, 1.165) is 26.2 Å². The monoisotopic (exact) mass is 264 g/mol. The molecule has 0 atom stereocenters. The van der Waals surface area contributed by atoms with E-state index in [2.05, 4.69) is 5.32 Å². The van der Waals surface area contributed by atoms with Gasteiger partial charge in [0.1, 0.15) is 11.5 Å². The minimum absolute atomic E-state index is 0.0000898. The van der Waals surface area contributed by atoms with E-state index in [9.17, 15) is 4.79 Å². The van der Waals surface area contributed by atoms with Gasteiger partial charge in [-0.05, 0) is 25.1 Å². The number of nitrogens with one attached hydrogen (secondary N) is 1. The zero-order valence-electron chi connectivity index (χ0n) is 11.4. The first-order chi connectivity index (χ1) is 9.26. The van der Waals surface area contributed by atoms with Crippen molar-refractivity contribution in [2.45, 2.75) is 6.92 Å². The topological polar surface area (TPSA) is 50.8 Å². The molecule has 1 N–H and O–H groups in total. The first kappa shape index (κ1) is 13.7. The van der Waals surface area contributed by atoms with Gasteiger partial charge in [-0.15, -0.1) is 0 Å². The summed E-state index contributed by atoms with van der Waals surface area (Å²) in [7, 11) is 1.57. The molecule has 1 aromatic rings. The van der Waals surface area contributed by atoms with Crippen LogP contribution in [-0.2, 0) is 0 Å². The molecule has 0 bridgehead atoms. The molecule has 1 amide bonds. The normalized spacial score (nSPS) is 15.2. The Morgan fingerprint density at radius 3 is 2.74 bits per heavy atom. The number of piperazine rings is 1. The molecule has 104 valence electrons. The van der Waals surface area contributed by atoms with Gasteiger partial charge < -0.3 is 19.7 Å². The van der Waals surface area contributed by atoms with Gasteiger partial charge in [0, 0.05) is 26.2 Å². The van der Waals surface area contributed by atoms with Crippen LogP contribution in [0.4, 0.5) is 0 Å². The van der Waals surface area contributed by atoms with E-state index < -0.39 is 0 Å². The third-order valence-electron chi connectivity index (χ3n) is 3.12. The van der Waals surface area contributed by atoms with Crippen LogP contribution in [0.2, 0.25) is 0 Å². The maximum atomic E-state index is 12.5. The van der Waals surface area contributed by atoms with Crippen molar-refractivity contribution in [1.29, 1.82) is 0 Å². The lowest BCUT2D eigenvalue weighted by Gasteiger charge is -2.28. The number of carbonyl (C=O) groups excluding carboxylic acids is 1. The minimum Gasteiger partial charge on any atom is -0.496 e. The highest BCUT2D eigenvalue weighted by Crippen LogP contribution is 2.25. The van der Waals surface area contributed by atoms with Crippen LogP contribution < -0.4 is 14.8 Å². The Morgan fingerprint density at radius 2 is 2.11 bits per heavy atom. The fraction of sp³-hybridized carbons (Fsp3) is 0.500. The van der Waals surface area contributed by atoms with Gasteiger partial charge in [-0.25, -0.2) is 0 Å². The Labute approximate surface area is 113 Å². The SMILES string of the molecule is CCOc1ccc(OC)c(C(=O)N2CCNCC2)c1. The van der Waals surface area contributed by atoms with Crippen molar-refractivity contribution >= 4 is 5.91 Å². The number of hydrogen-bond acceptors (Lipinski definition) is 4. The Hall–Kier alpha value is -1.75. The summed E-state index contributed by atoms with van der Waals surface area (Å²) in [5.74, 6) is 1.29. The predicted octanol–water partition coefficient (Wildman–Crippen LogP) is 1.14. The van der Waals surface area contributed by atoms with E-state index in [4.69, 9.17) is 9.47 Å². The standard InChI is InChI=1S/C14H20N2O3/c1-3-19-11-4-5-13(18-2)12(10-11)14(17)16-8-6-15-7-9-16/h4-5,10,15H,3,6-9H2,1-2H3. The van der Waals surface area contributed by atoms with Gasteiger partial charge in [-0.1, -0.05) is 0 Å². The molecule has 19 heavy (non-hydrogen) atoms. The molecule has 1 saturated heterocycles. The van der Waals surface area contributed by atoms with E-state index in [1.165, 1.54) is 0 Å². The number of rotatable bonds is 4. The van der Waals surface area contributed by atoms with Crippen LogP contribution in [0.25, 0.3) is 0 Å². The van der Waals surface area contributed by atoms with Gasteiger partial charge in [0.05, 0.1) is 19.3 Å². The Balaban J connectivity index is 2.24. The van der Waals surface area contributed by atoms with Crippen molar-refractivity contribution in [3.05, 3.63) is 23.8 Å². The molecule has 1 aliphatic heterocycles. The molecule has 5 heteroatoms. The van der Waals surface area contributed by atoms with Crippen molar-refractivity contribution in [1.82, 2.24) is 10.2 Å². The lowest BCUT2D eigenvalue weighted by molar-refractivity contribution is 0.0732. The van der Waals surface area contributed by atoms with Gasteiger partial charge in [0.2, 0.25) is 0 Å². The largest absolute Gasteiger partial charge is 0.496 e. The van der Waals surface area contributed by atoms with Gasteiger partial charge in [-0.2, -0.15) is 0 Å². The third kappa shape index (κ3) is 3.17. The minimum atomic E-state index is -0.0000898. The summed E-state index contributed by atoms with van der Waals surface area (Å²) in [6.07, 6.45) is 0. The number of carbonyl (C=O) groups is 1. The lowest BCUT2D eigenvalue weighted by atomic mass is 10.1. The zero-order chi connectivity index (χ0) is 13.7. The lowest BCUT2D eigenvalue weighted by Crippen LogP contribution is -2.46. The number of nitrogens with zero attached hydrogens (tertiary/aromatic N) is 1. The Bertz CT molecular complexity index is 442. The second-order valence-electron chi connectivity index (χ2n) is 4.34. The molecule has 5 nitrogen and oxygen atoms in total. The van der Waals surface area contributed by atoms with E-state index in [-0.39, 0.29) is 5.91 Å². The summed E-state index contributed by atoms with van der Waals surface area (Å²) < 4.78 is 10.7. The predicted molar refractivity (Wildman–Crippen MR) is 72.9 cm³/mol. The van der Waals surface area contributed by atoms with Gasteiger partial charge >= 0.3 is 0 Å². The van der Waals surface area contributed by atoms with Crippen LogP contribution in [0, 0.1) is 0 Å². The Kier molecular flexibility index (Phi) is 4.63. The number of amides is 1. The molecule has 0 aromatic heterocycles. The van der Waals surface area contributed by atoms with Crippen molar-refractivity contribution in [2.24, 2.45) is 0 Å². The smallest absolute Gasteiger partial charge is 0.257 e. The van der Waals surface area contributed by atoms with Crippen LogP contribution >= 0.6 is 0 Å². The highest BCUT2D eigenvalue weighted by molar-refractivity contribution is 5.97. The number of methoxy groups -OCH3 is 1.